The predicted octanol–water partition coefficient (Wildman–Crippen LogP) is 4.50. The van der Waals surface area contributed by atoms with Crippen molar-refractivity contribution in [1.82, 2.24) is 4.90 Å². The van der Waals surface area contributed by atoms with E-state index in [1.807, 2.05) is 36.4 Å². The number of rotatable bonds is 3. The average Bonchev–Trinajstić information content (AvgIpc) is 2.77. The Balaban J connectivity index is 1.30. The standard InChI is InChI=1S/C25H25F2NO3/c26-20-8-6-17(13-21(20)27)23(30)15-28-11-9-25(10-12-28)14-22(29)19-7-5-16-3-1-2-4-18(16)24(19)31-25/h1-8,13,22-23,29-30H,9-12,14-15H2/t22-,23+/m1/s1. The highest BCUT2D eigenvalue weighted by Gasteiger charge is 2.43. The van der Waals surface area contributed by atoms with Crippen LogP contribution < -0.4 is 4.74 Å². The van der Waals surface area contributed by atoms with E-state index in [1.165, 1.54) is 6.07 Å². The van der Waals surface area contributed by atoms with Crippen molar-refractivity contribution >= 4 is 10.8 Å². The lowest BCUT2D eigenvalue weighted by atomic mass is 9.81. The maximum Gasteiger partial charge on any atom is 0.159 e. The van der Waals surface area contributed by atoms with Gasteiger partial charge in [-0.3, -0.25) is 0 Å². The molecule has 4 nitrogen and oxygen atoms in total. The number of fused-ring (bicyclic) bond motifs is 3. The molecule has 2 N–H and O–H groups in total. The Morgan fingerprint density at radius 2 is 1.81 bits per heavy atom. The molecule has 2 heterocycles. The molecule has 0 bridgehead atoms. The normalized spacial score (nSPS) is 21.6. The second-order valence-electron chi connectivity index (χ2n) is 8.70. The summed E-state index contributed by atoms with van der Waals surface area (Å²) in [6, 6.07) is 15.5. The lowest BCUT2D eigenvalue weighted by Crippen LogP contribution is -2.51. The maximum atomic E-state index is 13.5. The smallest absolute Gasteiger partial charge is 0.159 e. The minimum absolute atomic E-state index is 0.337. The van der Waals surface area contributed by atoms with Crippen molar-refractivity contribution in [2.45, 2.75) is 37.1 Å². The third-order valence-corrected chi connectivity index (χ3v) is 6.68. The summed E-state index contributed by atoms with van der Waals surface area (Å²) >= 11 is 0. The van der Waals surface area contributed by atoms with Crippen LogP contribution in [0.15, 0.2) is 54.6 Å². The topological polar surface area (TPSA) is 52.9 Å². The van der Waals surface area contributed by atoms with E-state index in [-0.39, 0.29) is 0 Å². The molecule has 1 saturated heterocycles. The SMILES string of the molecule is O[C@@H]1CC2(CCN(C[C@H](O)c3ccc(F)c(F)c3)CC2)Oc2c1ccc1ccccc21. The molecule has 0 aromatic heterocycles. The molecule has 0 saturated carbocycles. The van der Waals surface area contributed by atoms with Crippen LogP contribution in [-0.2, 0) is 0 Å². The van der Waals surface area contributed by atoms with Crippen molar-refractivity contribution in [3.8, 4) is 5.75 Å². The number of aliphatic hydroxyl groups excluding tert-OH is 2. The number of piperidine rings is 1. The van der Waals surface area contributed by atoms with Gasteiger partial charge in [-0.15, -0.1) is 0 Å². The molecule has 0 unspecified atom stereocenters. The molecule has 162 valence electrons. The van der Waals surface area contributed by atoms with Crippen molar-refractivity contribution in [2.24, 2.45) is 0 Å². The molecule has 3 aromatic rings. The number of ether oxygens (including phenoxy) is 1. The Bertz CT molecular complexity index is 1110. The molecule has 2 aliphatic heterocycles. The van der Waals surface area contributed by atoms with Gasteiger partial charge in [0, 0.05) is 37.0 Å². The van der Waals surface area contributed by atoms with Gasteiger partial charge in [0.05, 0.1) is 12.2 Å². The van der Waals surface area contributed by atoms with Gasteiger partial charge in [-0.25, -0.2) is 8.78 Å². The van der Waals surface area contributed by atoms with E-state index in [2.05, 4.69) is 4.90 Å². The van der Waals surface area contributed by atoms with Gasteiger partial charge in [-0.2, -0.15) is 0 Å². The Morgan fingerprint density at radius 3 is 2.58 bits per heavy atom. The number of hydrogen-bond donors (Lipinski definition) is 2. The van der Waals surface area contributed by atoms with Gasteiger partial charge < -0.3 is 19.8 Å². The number of halogens is 2. The lowest BCUT2D eigenvalue weighted by Gasteiger charge is -2.46. The van der Waals surface area contributed by atoms with Gasteiger partial charge in [0.1, 0.15) is 11.4 Å². The van der Waals surface area contributed by atoms with Gasteiger partial charge >= 0.3 is 0 Å². The van der Waals surface area contributed by atoms with Crippen LogP contribution in [0.1, 0.15) is 42.6 Å². The second-order valence-corrected chi connectivity index (χ2v) is 8.70. The fraction of sp³-hybridized carbons (Fsp3) is 0.360. The Hall–Kier alpha value is -2.54. The van der Waals surface area contributed by atoms with Crippen molar-refractivity contribution in [1.29, 1.82) is 0 Å². The third kappa shape index (κ3) is 3.80. The summed E-state index contributed by atoms with van der Waals surface area (Å²) in [5.41, 5.74) is 0.754. The monoisotopic (exact) mass is 425 g/mol. The van der Waals surface area contributed by atoms with Gasteiger partial charge in [0.2, 0.25) is 0 Å². The molecule has 1 fully saturated rings. The molecule has 3 aromatic carbocycles. The zero-order valence-electron chi connectivity index (χ0n) is 17.1. The first kappa shape index (κ1) is 20.4. The molecular weight excluding hydrogens is 400 g/mol. The van der Waals surface area contributed by atoms with Crippen LogP contribution in [0.4, 0.5) is 8.78 Å². The van der Waals surface area contributed by atoms with Crippen LogP contribution in [0, 0.1) is 11.6 Å². The van der Waals surface area contributed by atoms with E-state index in [0.717, 1.165) is 47.1 Å². The van der Waals surface area contributed by atoms with E-state index in [1.54, 1.807) is 0 Å². The zero-order valence-corrected chi connectivity index (χ0v) is 17.1. The highest BCUT2D eigenvalue weighted by atomic mass is 19.2. The first-order valence-electron chi connectivity index (χ1n) is 10.7. The van der Waals surface area contributed by atoms with E-state index in [0.29, 0.717) is 31.6 Å². The summed E-state index contributed by atoms with van der Waals surface area (Å²) in [6.45, 7) is 1.71. The Morgan fingerprint density at radius 1 is 1.03 bits per heavy atom. The van der Waals surface area contributed by atoms with Crippen LogP contribution in [0.2, 0.25) is 0 Å². The quantitative estimate of drug-likeness (QED) is 0.649. The van der Waals surface area contributed by atoms with Crippen LogP contribution >= 0.6 is 0 Å². The van der Waals surface area contributed by atoms with E-state index in [4.69, 9.17) is 4.74 Å². The summed E-state index contributed by atoms with van der Waals surface area (Å²) in [6.07, 6.45) is 0.506. The Kier molecular flexibility index (Phi) is 5.16. The van der Waals surface area contributed by atoms with E-state index in [9.17, 15) is 19.0 Å². The van der Waals surface area contributed by atoms with Crippen LogP contribution in [-0.4, -0.2) is 40.3 Å². The molecule has 1 spiro atoms. The number of likely N-dealkylation sites (tertiary alicyclic amines) is 1. The lowest BCUT2D eigenvalue weighted by molar-refractivity contribution is -0.0577. The molecule has 6 heteroatoms. The molecule has 0 radical (unpaired) electrons. The van der Waals surface area contributed by atoms with Crippen LogP contribution in [0.3, 0.4) is 0 Å². The van der Waals surface area contributed by atoms with Crippen LogP contribution in [0.25, 0.3) is 10.8 Å². The minimum Gasteiger partial charge on any atom is -0.486 e. The summed E-state index contributed by atoms with van der Waals surface area (Å²) in [5.74, 6) is -1.10. The molecule has 2 atom stereocenters. The summed E-state index contributed by atoms with van der Waals surface area (Å²) in [5, 5.41) is 23.4. The fourth-order valence-corrected chi connectivity index (χ4v) is 4.88. The van der Waals surface area contributed by atoms with Gasteiger partial charge in [0.25, 0.3) is 0 Å². The van der Waals surface area contributed by atoms with Crippen molar-refractivity contribution in [3.63, 3.8) is 0 Å². The molecule has 5 rings (SSSR count). The number of nitrogens with zero attached hydrogens (tertiary/aromatic N) is 1. The summed E-state index contributed by atoms with van der Waals surface area (Å²) in [7, 11) is 0. The van der Waals surface area contributed by atoms with Gasteiger partial charge in [-0.05, 0) is 35.9 Å². The van der Waals surface area contributed by atoms with E-state index < -0.39 is 29.4 Å². The van der Waals surface area contributed by atoms with Crippen molar-refractivity contribution in [2.75, 3.05) is 19.6 Å². The minimum atomic E-state index is -0.954. The van der Waals surface area contributed by atoms with Gasteiger partial charge in [-0.1, -0.05) is 42.5 Å². The van der Waals surface area contributed by atoms with Crippen molar-refractivity contribution < 1.29 is 23.7 Å². The largest absolute Gasteiger partial charge is 0.486 e. The first-order valence-corrected chi connectivity index (χ1v) is 10.7. The van der Waals surface area contributed by atoms with Gasteiger partial charge in [0.15, 0.2) is 11.6 Å². The highest BCUT2D eigenvalue weighted by molar-refractivity contribution is 5.90. The average molecular weight is 425 g/mol. The number of aliphatic hydroxyl groups is 2. The number of hydrogen-bond acceptors (Lipinski definition) is 4. The molecule has 0 amide bonds. The predicted molar refractivity (Wildman–Crippen MR) is 114 cm³/mol. The number of benzene rings is 3. The molecule has 31 heavy (non-hydrogen) atoms. The highest BCUT2D eigenvalue weighted by Crippen LogP contribution is 2.47. The molecule has 0 aliphatic carbocycles. The van der Waals surface area contributed by atoms with Crippen molar-refractivity contribution in [3.05, 3.63) is 77.4 Å². The molecule has 2 aliphatic rings. The summed E-state index contributed by atoms with van der Waals surface area (Å²) < 4.78 is 33.2. The summed E-state index contributed by atoms with van der Waals surface area (Å²) in [4.78, 5) is 2.10. The Labute approximate surface area is 179 Å². The van der Waals surface area contributed by atoms with E-state index >= 15 is 0 Å². The van der Waals surface area contributed by atoms with Crippen LogP contribution in [0.5, 0.6) is 5.75 Å². The second kappa shape index (κ2) is 7.86. The zero-order chi connectivity index (χ0) is 21.6. The number of β-amino-alcohol motifs (C(OH)–C–C–N with tert-alkyl or cyclic N) is 1. The fourth-order valence-electron chi connectivity index (χ4n) is 4.88. The first-order chi connectivity index (χ1) is 14.9. The maximum absolute atomic E-state index is 13.5. The molecular formula is C25H25F2NO3. The third-order valence-electron chi connectivity index (χ3n) is 6.68.